The number of nitriles is 1. The van der Waals surface area contributed by atoms with Gasteiger partial charge in [-0.15, -0.1) is 11.3 Å². The van der Waals surface area contributed by atoms with Crippen LogP contribution in [-0.2, 0) is 0 Å². The third-order valence-electron chi connectivity index (χ3n) is 4.95. The zero-order valence-corrected chi connectivity index (χ0v) is 19.0. The van der Waals surface area contributed by atoms with Crippen LogP contribution >= 0.6 is 33.9 Å². The van der Waals surface area contributed by atoms with Crippen LogP contribution in [0.25, 0.3) is 44.6 Å². The molecular formula is C25H13IN2O2S. The molecule has 0 N–H and O–H groups in total. The van der Waals surface area contributed by atoms with Crippen LogP contribution in [0.3, 0.4) is 0 Å². The molecule has 0 bridgehead atoms. The van der Waals surface area contributed by atoms with Gasteiger partial charge in [-0.05, 0) is 69.3 Å². The molecule has 0 saturated carbocycles. The number of hydrogen-bond donors (Lipinski definition) is 0. The van der Waals surface area contributed by atoms with E-state index < -0.39 is 5.63 Å². The molecule has 0 radical (unpaired) electrons. The topological polar surface area (TPSA) is 66.9 Å². The molecule has 0 aliphatic carbocycles. The lowest BCUT2D eigenvalue weighted by atomic mass is 10.0. The predicted molar refractivity (Wildman–Crippen MR) is 134 cm³/mol. The first-order chi connectivity index (χ1) is 15.1. The fourth-order valence-corrected chi connectivity index (χ4v) is 4.58. The molecule has 31 heavy (non-hydrogen) atoms. The van der Waals surface area contributed by atoms with E-state index in [1.54, 1.807) is 11.5 Å². The van der Waals surface area contributed by atoms with Crippen molar-refractivity contribution in [3.05, 3.63) is 96.7 Å². The quantitative estimate of drug-likeness (QED) is 0.112. The number of benzene rings is 3. The SMILES string of the molecule is N#C/C(=C\c1ccc(I)cc1)c1nc(-c2cc3c(ccc4ccccc43)oc2=O)cs1. The van der Waals surface area contributed by atoms with Crippen molar-refractivity contribution in [2.45, 2.75) is 0 Å². The van der Waals surface area contributed by atoms with Gasteiger partial charge < -0.3 is 4.42 Å². The normalized spacial score (nSPS) is 11.7. The molecule has 0 unspecified atom stereocenters. The average molecular weight is 532 g/mol. The fourth-order valence-electron chi connectivity index (χ4n) is 3.44. The molecule has 4 nitrogen and oxygen atoms in total. The van der Waals surface area contributed by atoms with Gasteiger partial charge in [-0.3, -0.25) is 0 Å². The van der Waals surface area contributed by atoms with E-state index in [2.05, 4.69) is 33.6 Å². The molecule has 0 atom stereocenters. The van der Waals surface area contributed by atoms with Gasteiger partial charge in [0.2, 0.25) is 0 Å². The maximum absolute atomic E-state index is 12.7. The van der Waals surface area contributed by atoms with Crippen LogP contribution in [0.4, 0.5) is 0 Å². The lowest BCUT2D eigenvalue weighted by Crippen LogP contribution is -2.03. The standard InChI is InChI=1S/C25H13IN2O2S/c26-18-8-5-15(6-9-18)11-17(13-27)24-28-22(14-31-24)21-12-20-19-4-2-1-3-16(19)7-10-23(20)30-25(21)29/h1-12,14H/b17-11+. The Bertz CT molecular complexity index is 1570. The molecule has 0 fully saturated rings. The van der Waals surface area contributed by atoms with E-state index in [9.17, 15) is 10.1 Å². The Labute approximate surface area is 195 Å². The van der Waals surface area contributed by atoms with Crippen LogP contribution < -0.4 is 5.63 Å². The number of nitrogens with zero attached hydrogens (tertiary/aromatic N) is 2. The van der Waals surface area contributed by atoms with E-state index in [1.807, 2.05) is 66.7 Å². The zero-order valence-electron chi connectivity index (χ0n) is 16.0. The largest absolute Gasteiger partial charge is 0.422 e. The molecular weight excluding hydrogens is 519 g/mol. The summed E-state index contributed by atoms with van der Waals surface area (Å²) in [6.45, 7) is 0. The highest BCUT2D eigenvalue weighted by Gasteiger charge is 2.15. The third kappa shape index (κ3) is 3.78. The highest BCUT2D eigenvalue weighted by atomic mass is 127. The van der Waals surface area contributed by atoms with Crippen molar-refractivity contribution in [2.24, 2.45) is 0 Å². The Morgan fingerprint density at radius 2 is 1.87 bits per heavy atom. The Morgan fingerprint density at radius 3 is 2.68 bits per heavy atom. The van der Waals surface area contributed by atoms with Gasteiger partial charge in [0, 0.05) is 14.3 Å². The van der Waals surface area contributed by atoms with Crippen molar-refractivity contribution < 1.29 is 4.42 Å². The lowest BCUT2D eigenvalue weighted by Gasteiger charge is -2.04. The van der Waals surface area contributed by atoms with Gasteiger partial charge in [0.15, 0.2) is 0 Å². The number of allylic oxidation sites excluding steroid dienone is 1. The van der Waals surface area contributed by atoms with Crippen LogP contribution in [0.5, 0.6) is 0 Å². The van der Waals surface area contributed by atoms with E-state index in [1.165, 1.54) is 11.3 Å². The average Bonchev–Trinajstić information content (AvgIpc) is 3.28. The number of thiazole rings is 1. The summed E-state index contributed by atoms with van der Waals surface area (Å²) in [5, 5.41) is 14.9. The summed E-state index contributed by atoms with van der Waals surface area (Å²) in [5.41, 5.74) is 2.36. The smallest absolute Gasteiger partial charge is 0.345 e. The van der Waals surface area contributed by atoms with Crippen LogP contribution in [0, 0.1) is 14.9 Å². The van der Waals surface area contributed by atoms with Crippen LogP contribution in [0.2, 0.25) is 0 Å². The summed E-state index contributed by atoms with van der Waals surface area (Å²) >= 11 is 3.57. The molecule has 0 aliphatic rings. The minimum atomic E-state index is -0.445. The number of halogens is 1. The highest BCUT2D eigenvalue weighted by Crippen LogP contribution is 2.30. The Kier molecular flexibility index (Phi) is 5.14. The van der Waals surface area contributed by atoms with E-state index in [4.69, 9.17) is 4.42 Å². The van der Waals surface area contributed by atoms with Crippen molar-refractivity contribution >= 4 is 67.3 Å². The van der Waals surface area contributed by atoms with E-state index in [0.717, 1.165) is 25.3 Å². The van der Waals surface area contributed by atoms with Gasteiger partial charge in [-0.25, -0.2) is 9.78 Å². The second kappa shape index (κ2) is 8.10. The zero-order chi connectivity index (χ0) is 21.4. The van der Waals surface area contributed by atoms with Crippen molar-refractivity contribution in [3.8, 4) is 17.3 Å². The van der Waals surface area contributed by atoms with Gasteiger partial charge in [0.05, 0.1) is 16.8 Å². The predicted octanol–water partition coefficient (Wildman–Crippen LogP) is 6.74. The minimum absolute atomic E-state index is 0.387. The maximum Gasteiger partial charge on any atom is 0.345 e. The van der Waals surface area contributed by atoms with Gasteiger partial charge in [0.25, 0.3) is 0 Å². The first kappa shape index (κ1) is 19.7. The molecule has 2 aromatic heterocycles. The first-order valence-electron chi connectivity index (χ1n) is 9.41. The van der Waals surface area contributed by atoms with Crippen molar-refractivity contribution in [1.29, 1.82) is 5.26 Å². The fraction of sp³-hybridized carbons (Fsp3) is 0. The molecule has 3 aromatic carbocycles. The summed E-state index contributed by atoms with van der Waals surface area (Å²) in [6, 6.07) is 23.6. The van der Waals surface area contributed by atoms with Crippen LogP contribution in [-0.4, -0.2) is 4.98 Å². The van der Waals surface area contributed by atoms with Gasteiger partial charge >= 0.3 is 5.63 Å². The maximum atomic E-state index is 12.7. The van der Waals surface area contributed by atoms with Crippen LogP contribution in [0.15, 0.2) is 81.3 Å². The van der Waals surface area contributed by atoms with Crippen molar-refractivity contribution in [2.75, 3.05) is 0 Å². The van der Waals surface area contributed by atoms with Gasteiger partial charge in [-0.1, -0.05) is 42.5 Å². The Morgan fingerprint density at radius 1 is 1.06 bits per heavy atom. The number of hydrogen-bond acceptors (Lipinski definition) is 5. The number of fused-ring (bicyclic) bond motifs is 3. The summed E-state index contributed by atoms with van der Waals surface area (Å²) < 4.78 is 6.71. The summed E-state index contributed by atoms with van der Waals surface area (Å²) in [7, 11) is 0. The number of aromatic nitrogens is 1. The first-order valence-corrected chi connectivity index (χ1v) is 11.4. The molecule has 0 saturated heterocycles. The molecule has 148 valence electrons. The molecule has 6 heteroatoms. The van der Waals surface area contributed by atoms with Gasteiger partial charge in [0.1, 0.15) is 16.7 Å². The second-order valence-electron chi connectivity index (χ2n) is 6.91. The summed E-state index contributed by atoms with van der Waals surface area (Å²) in [4.78, 5) is 17.2. The lowest BCUT2D eigenvalue weighted by molar-refractivity contribution is 0.563. The van der Waals surface area contributed by atoms with Crippen molar-refractivity contribution in [1.82, 2.24) is 4.98 Å². The molecule has 2 heterocycles. The van der Waals surface area contributed by atoms with E-state index in [-0.39, 0.29) is 0 Å². The molecule has 0 aliphatic heterocycles. The molecule has 5 rings (SSSR count). The highest BCUT2D eigenvalue weighted by molar-refractivity contribution is 14.1. The monoisotopic (exact) mass is 532 g/mol. The Hall–Kier alpha value is -3.28. The number of rotatable bonds is 3. The van der Waals surface area contributed by atoms with Crippen molar-refractivity contribution in [3.63, 3.8) is 0 Å². The van der Waals surface area contributed by atoms with Gasteiger partial charge in [-0.2, -0.15) is 5.26 Å². The third-order valence-corrected chi connectivity index (χ3v) is 6.55. The molecule has 0 spiro atoms. The second-order valence-corrected chi connectivity index (χ2v) is 9.01. The summed E-state index contributed by atoms with van der Waals surface area (Å²) in [6.07, 6.45) is 1.80. The Balaban J connectivity index is 1.61. The molecule has 5 aromatic rings. The van der Waals surface area contributed by atoms with E-state index >= 15 is 0 Å². The summed E-state index contributed by atoms with van der Waals surface area (Å²) in [5.74, 6) is 0. The minimum Gasteiger partial charge on any atom is -0.422 e. The van der Waals surface area contributed by atoms with Crippen LogP contribution in [0.1, 0.15) is 10.6 Å². The molecule has 0 amide bonds. The van der Waals surface area contributed by atoms with E-state index in [0.29, 0.717) is 27.4 Å².